The summed E-state index contributed by atoms with van der Waals surface area (Å²) in [5.74, 6) is 0.880. The first-order valence-electron chi connectivity index (χ1n) is 8.42. The molecule has 1 aromatic heterocycles. The normalized spacial score (nSPS) is 10.5. The predicted molar refractivity (Wildman–Crippen MR) is 114 cm³/mol. The van der Waals surface area contributed by atoms with Crippen LogP contribution >= 0.6 is 34.8 Å². The maximum Gasteiger partial charge on any atom is 0.266 e. The van der Waals surface area contributed by atoms with Crippen molar-refractivity contribution in [2.75, 3.05) is 7.11 Å². The van der Waals surface area contributed by atoms with Gasteiger partial charge in [-0.1, -0.05) is 40.9 Å². The van der Waals surface area contributed by atoms with Crippen molar-refractivity contribution in [1.82, 2.24) is 4.98 Å². The fourth-order valence-corrected chi connectivity index (χ4v) is 3.83. The number of benzene rings is 2. The van der Waals surface area contributed by atoms with Crippen LogP contribution in [-0.2, 0) is 6.61 Å². The Hall–Kier alpha value is -2.65. The zero-order valence-electron chi connectivity index (χ0n) is 15.5. The molecule has 5 nitrogen and oxygen atoms in total. The number of halogens is 3. The number of ether oxygens (including phenoxy) is 2. The molecule has 0 radical (unpaired) electrons. The Morgan fingerprint density at radius 3 is 2.41 bits per heavy atom. The van der Waals surface area contributed by atoms with Crippen LogP contribution in [0.3, 0.4) is 0 Å². The first-order chi connectivity index (χ1) is 13.8. The highest BCUT2D eigenvalue weighted by Crippen LogP contribution is 2.37. The molecule has 0 spiro atoms. The van der Waals surface area contributed by atoms with Gasteiger partial charge in [0.1, 0.15) is 24.0 Å². The maximum atomic E-state index is 12.1. The molecular formula is C21H15Cl3N2O3. The Bertz CT molecular complexity index is 1160. The molecule has 0 aliphatic carbocycles. The van der Waals surface area contributed by atoms with Crippen LogP contribution in [0.15, 0.2) is 41.2 Å². The zero-order valence-corrected chi connectivity index (χ0v) is 17.7. The van der Waals surface area contributed by atoms with E-state index in [4.69, 9.17) is 44.3 Å². The van der Waals surface area contributed by atoms with Gasteiger partial charge in [0.05, 0.1) is 17.2 Å². The number of rotatable bonds is 5. The molecule has 1 N–H and O–H groups in total. The number of hydrogen-bond donors (Lipinski definition) is 1. The van der Waals surface area contributed by atoms with E-state index in [0.717, 1.165) is 0 Å². The van der Waals surface area contributed by atoms with Gasteiger partial charge in [0.15, 0.2) is 5.75 Å². The molecule has 0 atom stereocenters. The number of methoxy groups -OCH3 is 1. The topological polar surface area (TPSA) is 75.1 Å². The summed E-state index contributed by atoms with van der Waals surface area (Å²) < 4.78 is 11.2. The second-order valence-electron chi connectivity index (χ2n) is 6.20. The van der Waals surface area contributed by atoms with Gasteiger partial charge in [-0.15, -0.1) is 0 Å². The number of pyridine rings is 1. The third-order valence-electron chi connectivity index (χ3n) is 4.21. The first-order valence-corrected chi connectivity index (χ1v) is 9.56. The Morgan fingerprint density at radius 2 is 1.79 bits per heavy atom. The minimum Gasteiger partial charge on any atom is -0.496 e. The maximum absolute atomic E-state index is 12.1. The SMILES string of the molecule is COc1ccc(-c2cc(C)[nH]c(=O)c2C#N)cc1COc1c(Cl)cc(Cl)cc1Cl. The highest BCUT2D eigenvalue weighted by Gasteiger charge is 2.15. The van der Waals surface area contributed by atoms with Gasteiger partial charge in [0.2, 0.25) is 0 Å². The number of aromatic amines is 1. The molecule has 3 aromatic rings. The molecule has 3 rings (SSSR count). The molecule has 148 valence electrons. The number of nitrogens with one attached hydrogen (secondary N) is 1. The van der Waals surface area contributed by atoms with Gasteiger partial charge in [0.25, 0.3) is 5.56 Å². The Morgan fingerprint density at radius 1 is 1.10 bits per heavy atom. The van der Waals surface area contributed by atoms with Gasteiger partial charge in [0, 0.05) is 21.8 Å². The van der Waals surface area contributed by atoms with Crippen LogP contribution in [0.2, 0.25) is 15.1 Å². The molecule has 0 aliphatic rings. The molecule has 2 aromatic carbocycles. The summed E-state index contributed by atoms with van der Waals surface area (Å²) in [4.78, 5) is 14.8. The third-order valence-corrected chi connectivity index (χ3v) is 4.99. The summed E-state index contributed by atoms with van der Waals surface area (Å²) in [7, 11) is 1.54. The molecule has 0 saturated heterocycles. The smallest absolute Gasteiger partial charge is 0.266 e. The Balaban J connectivity index is 2.02. The first kappa shape index (κ1) is 21.1. The average Bonchev–Trinajstić information content (AvgIpc) is 2.66. The van der Waals surface area contributed by atoms with E-state index in [-0.39, 0.29) is 22.2 Å². The third kappa shape index (κ3) is 4.51. The second-order valence-corrected chi connectivity index (χ2v) is 7.45. The number of hydrogen-bond acceptors (Lipinski definition) is 4. The van der Waals surface area contributed by atoms with E-state index < -0.39 is 5.56 Å². The van der Waals surface area contributed by atoms with Crippen LogP contribution in [0.1, 0.15) is 16.8 Å². The molecule has 0 amide bonds. The van der Waals surface area contributed by atoms with Gasteiger partial charge in [-0.25, -0.2) is 0 Å². The number of H-pyrrole nitrogens is 1. The van der Waals surface area contributed by atoms with Crippen LogP contribution in [0.25, 0.3) is 11.1 Å². The number of aromatic nitrogens is 1. The lowest BCUT2D eigenvalue weighted by Gasteiger charge is -2.14. The molecule has 29 heavy (non-hydrogen) atoms. The zero-order chi connectivity index (χ0) is 21.1. The fourth-order valence-electron chi connectivity index (χ4n) is 2.90. The van der Waals surface area contributed by atoms with Gasteiger partial charge in [-0.3, -0.25) is 4.79 Å². The lowest BCUT2D eigenvalue weighted by atomic mass is 9.99. The van der Waals surface area contributed by atoms with Gasteiger partial charge < -0.3 is 14.5 Å². The van der Waals surface area contributed by atoms with E-state index in [1.54, 1.807) is 38.3 Å². The van der Waals surface area contributed by atoms with E-state index in [2.05, 4.69) is 4.98 Å². The summed E-state index contributed by atoms with van der Waals surface area (Å²) >= 11 is 18.3. The average molecular weight is 450 g/mol. The highest BCUT2D eigenvalue weighted by atomic mass is 35.5. The number of aryl methyl sites for hydroxylation is 1. The molecule has 0 bridgehead atoms. The summed E-state index contributed by atoms with van der Waals surface area (Å²) in [5, 5.41) is 10.4. The van der Waals surface area contributed by atoms with Gasteiger partial charge in [-0.05, 0) is 42.8 Å². The van der Waals surface area contributed by atoms with Crippen molar-refractivity contribution in [2.45, 2.75) is 13.5 Å². The van der Waals surface area contributed by atoms with Crippen molar-refractivity contribution < 1.29 is 9.47 Å². The van der Waals surface area contributed by atoms with E-state index in [1.165, 1.54) is 12.1 Å². The molecule has 0 fully saturated rings. The summed E-state index contributed by atoms with van der Waals surface area (Å²) in [5.41, 5.74) is 2.15. The van der Waals surface area contributed by atoms with Crippen molar-refractivity contribution in [1.29, 1.82) is 5.26 Å². The minimum atomic E-state index is -0.434. The van der Waals surface area contributed by atoms with Gasteiger partial charge >= 0.3 is 0 Å². The number of nitrogens with zero attached hydrogens (tertiary/aromatic N) is 1. The minimum absolute atomic E-state index is 0.0384. The van der Waals surface area contributed by atoms with Crippen LogP contribution in [-0.4, -0.2) is 12.1 Å². The van der Waals surface area contributed by atoms with Crippen LogP contribution < -0.4 is 15.0 Å². The van der Waals surface area contributed by atoms with E-state index >= 15 is 0 Å². The molecule has 8 heteroatoms. The molecular weight excluding hydrogens is 435 g/mol. The summed E-state index contributed by atoms with van der Waals surface area (Å²) in [6.07, 6.45) is 0. The Kier molecular flexibility index (Phi) is 6.39. The molecule has 0 saturated carbocycles. The van der Waals surface area contributed by atoms with Crippen molar-refractivity contribution in [3.63, 3.8) is 0 Å². The summed E-state index contributed by atoms with van der Waals surface area (Å²) in [6, 6.07) is 12.1. The van der Waals surface area contributed by atoms with Crippen molar-refractivity contribution in [2.24, 2.45) is 0 Å². The van der Waals surface area contributed by atoms with Crippen LogP contribution in [0.5, 0.6) is 11.5 Å². The van der Waals surface area contributed by atoms with E-state index in [9.17, 15) is 10.1 Å². The van der Waals surface area contributed by atoms with Gasteiger partial charge in [-0.2, -0.15) is 5.26 Å². The molecule has 0 unspecified atom stereocenters. The lowest BCUT2D eigenvalue weighted by molar-refractivity contribution is 0.297. The van der Waals surface area contributed by atoms with E-state index in [0.29, 0.717) is 38.9 Å². The lowest BCUT2D eigenvalue weighted by Crippen LogP contribution is -2.12. The summed E-state index contributed by atoms with van der Waals surface area (Å²) in [6.45, 7) is 1.85. The molecule has 1 heterocycles. The van der Waals surface area contributed by atoms with E-state index in [1.807, 2.05) is 6.07 Å². The second kappa shape index (κ2) is 8.79. The molecule has 0 aliphatic heterocycles. The largest absolute Gasteiger partial charge is 0.496 e. The monoisotopic (exact) mass is 448 g/mol. The van der Waals surface area contributed by atoms with Crippen molar-refractivity contribution >= 4 is 34.8 Å². The highest BCUT2D eigenvalue weighted by molar-refractivity contribution is 6.40. The number of nitriles is 1. The quantitative estimate of drug-likeness (QED) is 0.536. The standard InChI is InChI=1S/C21H15Cl3N2O3/c1-11-5-15(16(9-25)21(27)26-11)12-3-4-19(28-2)13(6-12)10-29-20-17(23)7-14(22)8-18(20)24/h3-8H,10H2,1-2H3,(H,26,27). The van der Waals surface area contributed by atoms with Crippen molar-refractivity contribution in [3.05, 3.63) is 78.6 Å². The fraction of sp³-hybridized carbons (Fsp3) is 0.143. The van der Waals surface area contributed by atoms with Crippen molar-refractivity contribution in [3.8, 4) is 28.7 Å². The predicted octanol–water partition coefficient (Wildman–Crippen LogP) is 5.77. The van der Waals surface area contributed by atoms with Crippen LogP contribution in [0, 0.1) is 18.3 Å². The Labute approximate surface area is 182 Å². The van der Waals surface area contributed by atoms with Crippen LogP contribution in [0.4, 0.5) is 0 Å².